The average Bonchev–Trinajstić information content (AvgIpc) is 2.84. The van der Waals surface area contributed by atoms with Crippen molar-refractivity contribution >= 4 is 5.97 Å². The summed E-state index contributed by atoms with van der Waals surface area (Å²) < 4.78 is 52.8. The normalized spacial score (nSPS) is 15.0. The molecule has 1 aliphatic rings. The van der Waals surface area contributed by atoms with E-state index >= 15 is 0 Å². The van der Waals surface area contributed by atoms with Crippen LogP contribution in [0.25, 0.3) is 0 Å². The minimum absolute atomic E-state index is 0.0335. The lowest BCUT2D eigenvalue weighted by atomic mass is 9.84. The van der Waals surface area contributed by atoms with Crippen LogP contribution in [0.2, 0.25) is 0 Å². The number of ether oxygens (including phenoxy) is 2. The van der Waals surface area contributed by atoms with Crippen molar-refractivity contribution in [3.8, 4) is 23.3 Å². The molecule has 0 spiro atoms. The van der Waals surface area contributed by atoms with E-state index in [1.165, 1.54) is 0 Å². The molecule has 0 unspecified atom stereocenters. The van der Waals surface area contributed by atoms with Gasteiger partial charge < -0.3 is 9.47 Å². The molecule has 34 heavy (non-hydrogen) atoms. The van der Waals surface area contributed by atoms with Crippen molar-refractivity contribution in [2.45, 2.75) is 43.9 Å². The summed E-state index contributed by atoms with van der Waals surface area (Å²) in [5.74, 6) is 5.28. The number of carbonyl (C=O) groups is 1. The van der Waals surface area contributed by atoms with E-state index in [9.17, 15) is 18.0 Å². The molecule has 1 saturated carbocycles. The molecule has 174 valence electrons. The molecule has 0 radical (unpaired) electrons. The van der Waals surface area contributed by atoms with Gasteiger partial charge in [0.2, 0.25) is 0 Å². The van der Waals surface area contributed by atoms with Gasteiger partial charge in [-0.15, -0.1) is 0 Å². The topological polar surface area (TPSA) is 35.5 Å². The highest BCUT2D eigenvalue weighted by Crippen LogP contribution is 2.41. The number of para-hydroxylation sites is 1. The van der Waals surface area contributed by atoms with Gasteiger partial charge >= 0.3 is 12.1 Å². The predicted octanol–water partition coefficient (Wildman–Crippen LogP) is 7.06. The maximum atomic E-state index is 13.8. The van der Waals surface area contributed by atoms with E-state index < -0.39 is 29.1 Å². The molecular weight excluding hydrogens is 441 g/mol. The van der Waals surface area contributed by atoms with Crippen LogP contribution in [0, 0.1) is 11.8 Å². The van der Waals surface area contributed by atoms with E-state index in [0.717, 1.165) is 43.0 Å². The average molecular weight is 464 g/mol. The smallest absolute Gasteiger partial charge is 0.419 e. The van der Waals surface area contributed by atoms with E-state index in [1.54, 1.807) is 30.3 Å². The highest BCUT2D eigenvalue weighted by molar-refractivity contribution is 5.91. The standard InChI is InChI=1S/C28H23F3O3/c29-28(30,31)24-15-14-22(26(32)33-23-12-6-2-7-13-23)20-25(24)34-27(17-8-3-9-18-27)19-16-21-10-4-1-5-11-21/h1-2,4-7,10-15,20H,3,8-9,17-18H2. The van der Waals surface area contributed by atoms with Crippen molar-refractivity contribution in [3.05, 3.63) is 95.6 Å². The van der Waals surface area contributed by atoms with E-state index in [1.807, 2.05) is 30.3 Å². The summed E-state index contributed by atoms with van der Waals surface area (Å²) in [6, 6.07) is 20.7. The minimum atomic E-state index is -4.65. The van der Waals surface area contributed by atoms with Crippen LogP contribution in [0.4, 0.5) is 13.2 Å². The number of carbonyl (C=O) groups excluding carboxylic acids is 1. The maximum absolute atomic E-state index is 13.8. The highest BCUT2D eigenvalue weighted by atomic mass is 19.4. The van der Waals surface area contributed by atoms with Gasteiger partial charge in [-0.3, -0.25) is 0 Å². The van der Waals surface area contributed by atoms with Gasteiger partial charge in [0, 0.05) is 5.56 Å². The molecule has 0 heterocycles. The van der Waals surface area contributed by atoms with Gasteiger partial charge in [-0.25, -0.2) is 4.79 Å². The molecule has 1 aliphatic carbocycles. The molecule has 0 N–H and O–H groups in total. The summed E-state index contributed by atoms with van der Waals surface area (Å²) in [7, 11) is 0. The Bertz CT molecular complexity index is 1190. The highest BCUT2D eigenvalue weighted by Gasteiger charge is 2.39. The van der Waals surface area contributed by atoms with Gasteiger partial charge in [0.25, 0.3) is 0 Å². The molecule has 3 aromatic rings. The fraction of sp³-hybridized carbons (Fsp3) is 0.250. The lowest BCUT2D eigenvalue weighted by Crippen LogP contribution is -2.37. The molecule has 0 atom stereocenters. The summed E-state index contributed by atoms with van der Waals surface area (Å²) in [6.07, 6.45) is -1.10. The summed E-state index contributed by atoms with van der Waals surface area (Å²) in [4.78, 5) is 12.6. The Morgan fingerprint density at radius 1 is 0.853 bits per heavy atom. The Kier molecular flexibility index (Phi) is 6.93. The Hall–Kier alpha value is -3.72. The number of rotatable bonds is 4. The lowest BCUT2D eigenvalue weighted by Gasteiger charge is -2.34. The van der Waals surface area contributed by atoms with Gasteiger partial charge in [0.1, 0.15) is 11.5 Å². The first-order valence-electron chi connectivity index (χ1n) is 11.1. The first kappa shape index (κ1) is 23.4. The Balaban J connectivity index is 1.69. The number of benzene rings is 3. The third-order valence-electron chi connectivity index (χ3n) is 5.65. The zero-order valence-electron chi connectivity index (χ0n) is 18.4. The molecule has 0 saturated heterocycles. The fourth-order valence-electron chi connectivity index (χ4n) is 3.92. The maximum Gasteiger partial charge on any atom is 0.419 e. The van der Waals surface area contributed by atoms with Crippen LogP contribution in [0.5, 0.6) is 11.5 Å². The van der Waals surface area contributed by atoms with Crippen LogP contribution in [-0.2, 0) is 6.18 Å². The largest absolute Gasteiger partial charge is 0.474 e. The Morgan fingerprint density at radius 3 is 2.15 bits per heavy atom. The number of halogens is 3. The fourth-order valence-corrected chi connectivity index (χ4v) is 3.92. The minimum Gasteiger partial charge on any atom is -0.474 e. The quantitative estimate of drug-likeness (QED) is 0.236. The molecule has 4 rings (SSSR count). The van der Waals surface area contributed by atoms with Crippen molar-refractivity contribution in [2.75, 3.05) is 0 Å². The van der Waals surface area contributed by atoms with E-state index in [2.05, 4.69) is 11.8 Å². The van der Waals surface area contributed by atoms with Crippen molar-refractivity contribution in [1.29, 1.82) is 0 Å². The number of hydrogen-bond acceptors (Lipinski definition) is 3. The molecule has 6 heteroatoms. The van der Waals surface area contributed by atoms with E-state index in [0.29, 0.717) is 18.6 Å². The number of alkyl halides is 3. The van der Waals surface area contributed by atoms with Gasteiger partial charge in [-0.1, -0.05) is 54.7 Å². The van der Waals surface area contributed by atoms with Gasteiger partial charge in [-0.2, -0.15) is 13.2 Å². The van der Waals surface area contributed by atoms with Crippen LogP contribution in [0.1, 0.15) is 53.6 Å². The molecular formula is C28H23F3O3. The van der Waals surface area contributed by atoms with Crippen LogP contribution in [-0.4, -0.2) is 11.6 Å². The molecule has 0 aliphatic heterocycles. The monoisotopic (exact) mass is 464 g/mol. The van der Waals surface area contributed by atoms with Crippen molar-refractivity contribution in [2.24, 2.45) is 0 Å². The van der Waals surface area contributed by atoms with Crippen molar-refractivity contribution in [3.63, 3.8) is 0 Å². The summed E-state index contributed by atoms with van der Waals surface area (Å²) >= 11 is 0. The SMILES string of the molecule is O=C(Oc1ccccc1)c1ccc(C(F)(F)F)c(OC2(C#Cc3ccccc3)CCCCC2)c1. The molecule has 3 nitrogen and oxygen atoms in total. The van der Waals surface area contributed by atoms with Gasteiger partial charge in [-0.05, 0) is 68.1 Å². The zero-order valence-corrected chi connectivity index (χ0v) is 18.4. The Labute approximate surface area is 196 Å². The Morgan fingerprint density at radius 2 is 1.50 bits per heavy atom. The lowest BCUT2D eigenvalue weighted by molar-refractivity contribution is -0.139. The summed E-state index contributed by atoms with van der Waals surface area (Å²) in [5.41, 5.74) is -1.30. The third kappa shape index (κ3) is 5.79. The van der Waals surface area contributed by atoms with E-state index in [4.69, 9.17) is 9.47 Å². The van der Waals surface area contributed by atoms with Crippen LogP contribution >= 0.6 is 0 Å². The number of hydrogen-bond donors (Lipinski definition) is 0. The van der Waals surface area contributed by atoms with Crippen molar-refractivity contribution < 1.29 is 27.4 Å². The van der Waals surface area contributed by atoms with Crippen LogP contribution in [0.3, 0.4) is 0 Å². The van der Waals surface area contributed by atoms with E-state index in [-0.39, 0.29) is 5.56 Å². The molecule has 0 aromatic heterocycles. The third-order valence-corrected chi connectivity index (χ3v) is 5.65. The first-order chi connectivity index (χ1) is 16.3. The van der Waals surface area contributed by atoms with Gasteiger partial charge in [0.15, 0.2) is 5.60 Å². The first-order valence-corrected chi connectivity index (χ1v) is 11.1. The molecule has 3 aromatic carbocycles. The molecule has 0 bridgehead atoms. The predicted molar refractivity (Wildman–Crippen MR) is 123 cm³/mol. The zero-order chi connectivity index (χ0) is 24.0. The van der Waals surface area contributed by atoms with Crippen LogP contribution in [0.15, 0.2) is 78.9 Å². The number of esters is 1. The summed E-state index contributed by atoms with van der Waals surface area (Å²) in [6.45, 7) is 0. The second kappa shape index (κ2) is 10.0. The molecule has 0 amide bonds. The molecule has 1 fully saturated rings. The van der Waals surface area contributed by atoms with Crippen LogP contribution < -0.4 is 9.47 Å². The second-order valence-electron chi connectivity index (χ2n) is 8.18. The van der Waals surface area contributed by atoms with Gasteiger partial charge in [0.05, 0.1) is 11.1 Å². The summed E-state index contributed by atoms with van der Waals surface area (Å²) in [5, 5.41) is 0. The van der Waals surface area contributed by atoms with Crippen molar-refractivity contribution in [1.82, 2.24) is 0 Å². The second-order valence-corrected chi connectivity index (χ2v) is 8.18.